The molecule has 1 aromatic carbocycles. The van der Waals surface area contributed by atoms with E-state index in [0.717, 1.165) is 29.8 Å². The summed E-state index contributed by atoms with van der Waals surface area (Å²) in [6.45, 7) is 0.766. The van der Waals surface area contributed by atoms with Gasteiger partial charge >= 0.3 is 0 Å². The molecule has 0 aliphatic carbocycles. The summed E-state index contributed by atoms with van der Waals surface area (Å²) in [4.78, 5) is 19.0. The maximum absolute atomic E-state index is 12.3. The number of hydrogen-bond acceptors (Lipinski definition) is 3. The number of likely N-dealkylation sites (tertiary alicyclic amines) is 1. The lowest BCUT2D eigenvalue weighted by Crippen LogP contribution is -2.26. The van der Waals surface area contributed by atoms with Crippen LogP contribution in [0.25, 0.3) is 11.0 Å². The van der Waals surface area contributed by atoms with Gasteiger partial charge in [-0.15, -0.1) is 0 Å². The van der Waals surface area contributed by atoms with Crippen LogP contribution in [0.3, 0.4) is 0 Å². The molecule has 1 aliphatic rings. The minimum absolute atomic E-state index is 0.123. The van der Waals surface area contributed by atoms with Crippen molar-refractivity contribution in [3.63, 3.8) is 0 Å². The molecular formula is C14H16N4OS. The molecular weight excluding hydrogens is 272 g/mol. The van der Waals surface area contributed by atoms with Crippen molar-refractivity contribution >= 4 is 34.1 Å². The number of fused-ring (bicyclic) bond motifs is 1. The largest absolute Gasteiger partial charge is 0.393 e. The fraction of sp³-hybridized carbons (Fsp3) is 0.357. The number of imidazole rings is 1. The number of likely N-dealkylation sites (N-methyl/N-ethyl adjacent to an activating group) is 1. The predicted octanol–water partition coefficient (Wildman–Crippen LogP) is 1.27. The van der Waals surface area contributed by atoms with Crippen molar-refractivity contribution in [2.45, 2.75) is 18.9 Å². The Morgan fingerprint density at radius 3 is 2.90 bits per heavy atom. The Balaban J connectivity index is 2.16. The SMILES string of the molecule is CN1CCC(n2c(CC(N)=S)nc3ccccc32)C1=O. The highest BCUT2D eigenvalue weighted by atomic mass is 32.1. The maximum Gasteiger partial charge on any atom is 0.245 e. The standard InChI is InChI=1S/C14H16N4OS/c1-17-7-6-11(14(17)19)18-10-5-3-2-4-9(10)16-13(18)8-12(15)20/h2-5,11H,6-8H2,1H3,(H2,15,20). The molecule has 1 aromatic heterocycles. The number of aromatic nitrogens is 2. The molecule has 0 bridgehead atoms. The summed E-state index contributed by atoms with van der Waals surface area (Å²) >= 11 is 5.00. The highest BCUT2D eigenvalue weighted by molar-refractivity contribution is 7.80. The lowest BCUT2D eigenvalue weighted by Gasteiger charge is -2.15. The van der Waals surface area contributed by atoms with Gasteiger partial charge in [-0.2, -0.15) is 0 Å². The lowest BCUT2D eigenvalue weighted by molar-refractivity contribution is -0.129. The van der Waals surface area contributed by atoms with Crippen LogP contribution in [0.2, 0.25) is 0 Å². The van der Waals surface area contributed by atoms with Crippen LogP contribution >= 0.6 is 12.2 Å². The van der Waals surface area contributed by atoms with Crippen LogP contribution in [0.1, 0.15) is 18.3 Å². The van der Waals surface area contributed by atoms with E-state index in [1.54, 1.807) is 4.90 Å². The molecule has 1 fully saturated rings. The Bertz CT molecular complexity index is 694. The first-order chi connectivity index (χ1) is 9.58. The monoisotopic (exact) mass is 288 g/mol. The number of para-hydroxylation sites is 2. The molecule has 1 amide bonds. The van der Waals surface area contributed by atoms with Crippen molar-refractivity contribution in [3.05, 3.63) is 30.1 Å². The lowest BCUT2D eigenvalue weighted by atomic mass is 10.2. The van der Waals surface area contributed by atoms with Crippen molar-refractivity contribution in [2.24, 2.45) is 5.73 Å². The van der Waals surface area contributed by atoms with Crippen molar-refractivity contribution in [2.75, 3.05) is 13.6 Å². The third-order valence-electron chi connectivity index (χ3n) is 3.71. The Morgan fingerprint density at radius 1 is 1.50 bits per heavy atom. The first-order valence-electron chi connectivity index (χ1n) is 6.57. The number of amides is 1. The van der Waals surface area contributed by atoms with E-state index < -0.39 is 0 Å². The first kappa shape index (κ1) is 13.1. The smallest absolute Gasteiger partial charge is 0.245 e. The average molecular weight is 288 g/mol. The van der Waals surface area contributed by atoms with Crippen molar-refractivity contribution in [1.29, 1.82) is 0 Å². The van der Waals surface area contributed by atoms with Crippen LogP contribution in [0, 0.1) is 0 Å². The Morgan fingerprint density at radius 2 is 2.25 bits per heavy atom. The summed E-state index contributed by atoms with van der Waals surface area (Å²) in [5, 5.41) is 0. The van der Waals surface area contributed by atoms with E-state index in [4.69, 9.17) is 18.0 Å². The van der Waals surface area contributed by atoms with E-state index in [0.29, 0.717) is 11.4 Å². The zero-order valence-corrected chi connectivity index (χ0v) is 12.1. The molecule has 1 saturated heterocycles. The van der Waals surface area contributed by atoms with Gasteiger partial charge in [0.05, 0.1) is 22.4 Å². The molecule has 20 heavy (non-hydrogen) atoms. The third kappa shape index (κ3) is 2.06. The molecule has 6 heteroatoms. The first-order valence-corrected chi connectivity index (χ1v) is 6.98. The van der Waals surface area contributed by atoms with E-state index in [1.165, 1.54) is 0 Å². The minimum atomic E-state index is -0.197. The third-order valence-corrected chi connectivity index (χ3v) is 3.86. The second-order valence-electron chi connectivity index (χ2n) is 5.09. The molecule has 2 heterocycles. The number of benzene rings is 1. The van der Waals surface area contributed by atoms with Gasteiger partial charge < -0.3 is 15.2 Å². The number of carbonyl (C=O) groups excluding carboxylic acids is 1. The molecule has 1 atom stereocenters. The molecule has 0 spiro atoms. The van der Waals surface area contributed by atoms with Crippen molar-refractivity contribution in [1.82, 2.24) is 14.5 Å². The minimum Gasteiger partial charge on any atom is -0.393 e. The molecule has 1 aliphatic heterocycles. The van der Waals surface area contributed by atoms with Crippen LogP contribution in [0.15, 0.2) is 24.3 Å². The molecule has 0 radical (unpaired) electrons. The average Bonchev–Trinajstić information content (AvgIpc) is 2.90. The quantitative estimate of drug-likeness (QED) is 0.864. The van der Waals surface area contributed by atoms with Gasteiger partial charge in [0.2, 0.25) is 5.91 Å². The zero-order chi connectivity index (χ0) is 14.3. The van der Waals surface area contributed by atoms with Gasteiger partial charge in [-0.1, -0.05) is 24.4 Å². The number of rotatable bonds is 3. The van der Waals surface area contributed by atoms with Gasteiger partial charge in [0.15, 0.2) is 0 Å². The summed E-state index contributed by atoms with van der Waals surface area (Å²) in [5.74, 6) is 0.893. The second kappa shape index (κ2) is 4.86. The van der Waals surface area contributed by atoms with Crippen LogP contribution in [-0.4, -0.2) is 38.9 Å². The highest BCUT2D eigenvalue weighted by Gasteiger charge is 2.33. The zero-order valence-electron chi connectivity index (χ0n) is 11.2. The number of thiocarbonyl (C=S) groups is 1. The number of hydrogen-bond donors (Lipinski definition) is 1. The number of nitrogens with two attached hydrogens (primary N) is 1. The fourth-order valence-corrected chi connectivity index (χ4v) is 2.90. The van der Waals surface area contributed by atoms with E-state index in [2.05, 4.69) is 4.98 Å². The van der Waals surface area contributed by atoms with Gasteiger partial charge in [-0.3, -0.25) is 4.79 Å². The summed E-state index contributed by atoms with van der Waals surface area (Å²) < 4.78 is 2.00. The molecule has 1 unspecified atom stereocenters. The summed E-state index contributed by atoms with van der Waals surface area (Å²) in [5.41, 5.74) is 7.50. The van der Waals surface area contributed by atoms with Gasteiger partial charge in [0.1, 0.15) is 11.9 Å². The van der Waals surface area contributed by atoms with E-state index in [-0.39, 0.29) is 11.9 Å². The van der Waals surface area contributed by atoms with Gasteiger partial charge in [0.25, 0.3) is 0 Å². The Hall–Kier alpha value is -1.95. The van der Waals surface area contributed by atoms with E-state index in [1.807, 2.05) is 35.9 Å². The Labute approximate surface area is 122 Å². The normalized spacial score (nSPS) is 18.9. The molecule has 104 valence electrons. The van der Waals surface area contributed by atoms with E-state index in [9.17, 15) is 4.79 Å². The summed E-state index contributed by atoms with van der Waals surface area (Å²) in [6, 6.07) is 7.62. The maximum atomic E-state index is 12.3. The van der Waals surface area contributed by atoms with Gasteiger partial charge in [-0.25, -0.2) is 4.98 Å². The van der Waals surface area contributed by atoms with Crippen molar-refractivity contribution in [3.8, 4) is 0 Å². The Kier molecular flexibility index (Phi) is 3.17. The van der Waals surface area contributed by atoms with E-state index >= 15 is 0 Å². The molecule has 3 rings (SSSR count). The number of carbonyl (C=O) groups is 1. The van der Waals surface area contributed by atoms with Crippen LogP contribution < -0.4 is 5.73 Å². The second-order valence-corrected chi connectivity index (χ2v) is 5.62. The summed E-state index contributed by atoms with van der Waals surface area (Å²) in [6.07, 6.45) is 1.21. The fourth-order valence-electron chi connectivity index (χ4n) is 2.77. The van der Waals surface area contributed by atoms with Gasteiger partial charge in [0, 0.05) is 13.6 Å². The molecule has 0 saturated carbocycles. The van der Waals surface area contributed by atoms with Crippen molar-refractivity contribution < 1.29 is 4.79 Å². The van der Waals surface area contributed by atoms with Gasteiger partial charge in [-0.05, 0) is 18.6 Å². The summed E-state index contributed by atoms with van der Waals surface area (Å²) in [7, 11) is 1.83. The van der Waals surface area contributed by atoms with Crippen LogP contribution in [-0.2, 0) is 11.2 Å². The number of nitrogens with zero attached hydrogens (tertiary/aromatic N) is 3. The molecule has 2 aromatic rings. The topological polar surface area (TPSA) is 64.2 Å². The molecule has 5 nitrogen and oxygen atoms in total. The highest BCUT2D eigenvalue weighted by Crippen LogP contribution is 2.28. The van der Waals surface area contributed by atoms with Crippen LogP contribution in [0.4, 0.5) is 0 Å². The predicted molar refractivity (Wildman–Crippen MR) is 81.5 cm³/mol. The van der Waals surface area contributed by atoms with Crippen LogP contribution in [0.5, 0.6) is 0 Å². The molecule has 2 N–H and O–H groups in total.